The molecule has 0 atom stereocenters. The van der Waals surface area contributed by atoms with Crippen molar-refractivity contribution in [2.45, 2.75) is 37.1 Å². The Bertz CT molecular complexity index is 1790. The Morgan fingerprint density at radius 1 is 1.10 bits per heavy atom. The number of rotatable bonds is 9. The molecule has 3 heterocycles. The number of nitrogens with one attached hydrogen (secondary N) is 1. The van der Waals surface area contributed by atoms with Crippen molar-refractivity contribution in [3.05, 3.63) is 76.2 Å². The minimum absolute atomic E-state index is 0.00356. The fourth-order valence-electron chi connectivity index (χ4n) is 4.76. The van der Waals surface area contributed by atoms with E-state index in [0.717, 1.165) is 44.1 Å². The van der Waals surface area contributed by atoms with Gasteiger partial charge in [0.05, 0.1) is 29.4 Å². The van der Waals surface area contributed by atoms with Crippen LogP contribution in [-0.4, -0.2) is 54.0 Å². The van der Waals surface area contributed by atoms with E-state index < -0.39 is 15.8 Å². The zero-order valence-electron chi connectivity index (χ0n) is 22.1. The van der Waals surface area contributed by atoms with E-state index in [1.165, 1.54) is 30.3 Å². The second-order valence-electron chi connectivity index (χ2n) is 9.63. The largest absolute Gasteiger partial charge is 0.480 e. The van der Waals surface area contributed by atoms with E-state index in [2.05, 4.69) is 14.7 Å². The number of anilines is 1. The van der Waals surface area contributed by atoms with Crippen molar-refractivity contribution in [2.75, 3.05) is 24.9 Å². The molecule has 0 radical (unpaired) electrons. The normalized spacial score (nSPS) is 13.5. The van der Waals surface area contributed by atoms with E-state index in [1.807, 2.05) is 4.90 Å². The van der Waals surface area contributed by atoms with Gasteiger partial charge in [0.1, 0.15) is 16.4 Å². The van der Waals surface area contributed by atoms with Crippen molar-refractivity contribution >= 4 is 44.1 Å². The number of halogens is 2. The molecule has 10 nitrogen and oxygen atoms in total. The summed E-state index contributed by atoms with van der Waals surface area (Å²) >= 11 is 5.98. The van der Waals surface area contributed by atoms with Gasteiger partial charge < -0.3 is 9.64 Å². The van der Waals surface area contributed by atoms with Gasteiger partial charge in [-0.05, 0) is 61.2 Å². The average molecular weight is 600 g/mol. The van der Waals surface area contributed by atoms with Crippen molar-refractivity contribution in [3.8, 4) is 17.0 Å². The van der Waals surface area contributed by atoms with Gasteiger partial charge in [-0.1, -0.05) is 17.7 Å². The number of hydrogen-bond acceptors (Lipinski definition) is 7. The Morgan fingerprint density at radius 2 is 1.88 bits per heavy atom. The van der Waals surface area contributed by atoms with E-state index in [4.69, 9.17) is 16.3 Å². The smallest absolute Gasteiger partial charge is 0.263 e. The molecule has 41 heavy (non-hydrogen) atoms. The zero-order chi connectivity index (χ0) is 29.1. The van der Waals surface area contributed by atoms with Gasteiger partial charge in [-0.25, -0.2) is 22.8 Å². The van der Waals surface area contributed by atoms with Crippen LogP contribution < -0.4 is 15.0 Å². The third kappa shape index (κ3) is 6.18. The predicted octanol–water partition coefficient (Wildman–Crippen LogP) is 4.46. The van der Waals surface area contributed by atoms with Crippen molar-refractivity contribution in [2.24, 2.45) is 0 Å². The van der Waals surface area contributed by atoms with Gasteiger partial charge in [-0.2, -0.15) is 0 Å². The summed E-state index contributed by atoms with van der Waals surface area (Å²) in [6, 6.07) is 9.58. The molecule has 4 aromatic rings. The highest BCUT2D eigenvalue weighted by Crippen LogP contribution is 2.32. The van der Waals surface area contributed by atoms with Gasteiger partial charge >= 0.3 is 0 Å². The van der Waals surface area contributed by atoms with Crippen LogP contribution in [0.1, 0.15) is 25.7 Å². The standard InChI is InChI=1S/C28H27ClFN5O5S/c1-40-27-24(33-41(38,39)25-9-7-20(30)15-22(25)29)14-19(16-31-27)18-6-8-23-21(13-18)28(37)35(17-32-23)12-4-5-26(36)34-10-2-3-11-34/h6-9,13-17,33H,2-5,10-12H2,1H3. The lowest BCUT2D eigenvalue weighted by Crippen LogP contribution is -2.28. The number of amides is 1. The maximum absolute atomic E-state index is 13.5. The number of carbonyl (C=O) groups is 1. The minimum Gasteiger partial charge on any atom is -0.480 e. The van der Waals surface area contributed by atoms with Crippen LogP contribution in [0, 0.1) is 5.82 Å². The van der Waals surface area contributed by atoms with Crippen LogP contribution in [0.2, 0.25) is 5.02 Å². The van der Waals surface area contributed by atoms with Crippen molar-refractivity contribution in [1.82, 2.24) is 19.4 Å². The third-order valence-corrected chi connectivity index (χ3v) is 8.73. The molecule has 13 heteroatoms. The first kappa shape index (κ1) is 28.5. The summed E-state index contributed by atoms with van der Waals surface area (Å²) in [6.07, 6.45) is 5.91. The quantitative estimate of drug-likeness (QED) is 0.301. The molecule has 0 bridgehead atoms. The van der Waals surface area contributed by atoms with E-state index in [-0.39, 0.29) is 33.0 Å². The number of nitrogens with zero attached hydrogens (tertiary/aromatic N) is 4. The second kappa shape index (κ2) is 11.8. The number of pyridine rings is 1. The Kier molecular flexibility index (Phi) is 8.22. The zero-order valence-corrected chi connectivity index (χ0v) is 23.7. The van der Waals surface area contributed by atoms with Gasteiger partial charge in [0, 0.05) is 37.8 Å². The lowest BCUT2D eigenvalue weighted by molar-refractivity contribution is -0.130. The third-order valence-electron chi connectivity index (χ3n) is 6.88. The van der Waals surface area contributed by atoms with Crippen LogP contribution in [0.4, 0.5) is 10.1 Å². The molecule has 1 amide bonds. The average Bonchev–Trinajstić information content (AvgIpc) is 3.49. The summed E-state index contributed by atoms with van der Waals surface area (Å²) in [4.78, 5) is 35.8. The van der Waals surface area contributed by atoms with E-state index in [9.17, 15) is 22.4 Å². The summed E-state index contributed by atoms with van der Waals surface area (Å²) in [5.41, 5.74) is 1.36. The van der Waals surface area contributed by atoms with Crippen LogP contribution >= 0.6 is 11.6 Å². The van der Waals surface area contributed by atoms with E-state index in [1.54, 1.807) is 18.2 Å². The van der Waals surface area contributed by atoms with E-state index in [0.29, 0.717) is 41.4 Å². The number of methoxy groups -OCH3 is 1. The SMILES string of the molecule is COc1ncc(-c2ccc3ncn(CCCC(=O)N4CCCC4)c(=O)c3c2)cc1NS(=O)(=O)c1ccc(F)cc1Cl. The number of fused-ring (bicyclic) bond motifs is 1. The monoisotopic (exact) mass is 599 g/mol. The number of hydrogen-bond donors (Lipinski definition) is 1. The molecule has 1 aliphatic rings. The van der Waals surface area contributed by atoms with E-state index >= 15 is 0 Å². The first-order valence-electron chi connectivity index (χ1n) is 13.0. The molecular formula is C28H27ClFN5O5S. The molecular weight excluding hydrogens is 573 g/mol. The minimum atomic E-state index is -4.22. The van der Waals surface area contributed by atoms with Gasteiger partial charge in [-0.3, -0.25) is 18.9 Å². The maximum Gasteiger partial charge on any atom is 0.263 e. The number of benzene rings is 2. The Balaban J connectivity index is 1.41. The van der Waals surface area contributed by atoms with Crippen LogP contribution in [0.15, 0.2) is 64.7 Å². The Labute approximate surface area is 240 Å². The van der Waals surface area contributed by atoms with Gasteiger partial charge in [-0.15, -0.1) is 0 Å². The molecule has 0 aliphatic carbocycles. The summed E-state index contributed by atoms with van der Waals surface area (Å²) in [5.74, 6) is -0.564. The summed E-state index contributed by atoms with van der Waals surface area (Å²) in [6.45, 7) is 1.94. The number of likely N-dealkylation sites (tertiary alicyclic amines) is 1. The lowest BCUT2D eigenvalue weighted by Gasteiger charge is -2.15. The van der Waals surface area contributed by atoms with Crippen LogP contribution in [0.3, 0.4) is 0 Å². The van der Waals surface area contributed by atoms with Crippen molar-refractivity contribution in [1.29, 1.82) is 0 Å². The first-order valence-corrected chi connectivity index (χ1v) is 14.8. The topological polar surface area (TPSA) is 123 Å². The number of ether oxygens (including phenoxy) is 1. The highest BCUT2D eigenvalue weighted by molar-refractivity contribution is 7.92. The predicted molar refractivity (Wildman–Crippen MR) is 153 cm³/mol. The lowest BCUT2D eigenvalue weighted by atomic mass is 10.1. The molecule has 214 valence electrons. The summed E-state index contributed by atoms with van der Waals surface area (Å²) in [7, 11) is -2.88. The number of carbonyl (C=O) groups excluding carboxylic acids is 1. The van der Waals surface area contributed by atoms with Crippen LogP contribution in [0.25, 0.3) is 22.0 Å². The number of aryl methyl sites for hydroxylation is 1. The molecule has 1 N–H and O–H groups in total. The fourth-order valence-corrected chi connectivity index (χ4v) is 6.34. The molecule has 2 aromatic carbocycles. The van der Waals surface area contributed by atoms with Crippen LogP contribution in [-0.2, 0) is 21.4 Å². The molecule has 1 aliphatic heterocycles. The second-order valence-corrected chi connectivity index (χ2v) is 11.7. The number of sulfonamides is 1. The first-order chi connectivity index (χ1) is 19.7. The summed E-state index contributed by atoms with van der Waals surface area (Å²) < 4.78 is 48.7. The number of aromatic nitrogens is 3. The van der Waals surface area contributed by atoms with Crippen molar-refractivity contribution in [3.63, 3.8) is 0 Å². The van der Waals surface area contributed by atoms with Gasteiger partial charge in [0.15, 0.2) is 0 Å². The Morgan fingerprint density at radius 3 is 2.61 bits per heavy atom. The summed E-state index contributed by atoms with van der Waals surface area (Å²) in [5, 5.41) is 0.0891. The highest BCUT2D eigenvalue weighted by atomic mass is 35.5. The van der Waals surface area contributed by atoms with Gasteiger partial charge in [0.2, 0.25) is 11.8 Å². The van der Waals surface area contributed by atoms with Crippen LogP contribution in [0.5, 0.6) is 5.88 Å². The molecule has 1 fully saturated rings. The molecule has 0 unspecified atom stereocenters. The van der Waals surface area contributed by atoms with Crippen molar-refractivity contribution < 1.29 is 22.3 Å². The molecule has 0 spiro atoms. The highest BCUT2D eigenvalue weighted by Gasteiger charge is 2.22. The molecule has 0 saturated carbocycles. The molecule has 5 rings (SSSR count). The fraction of sp³-hybridized carbons (Fsp3) is 0.286. The molecule has 1 saturated heterocycles. The maximum atomic E-state index is 13.5. The molecule has 2 aromatic heterocycles. The van der Waals surface area contributed by atoms with Gasteiger partial charge in [0.25, 0.3) is 15.6 Å². The Hall–Kier alpha value is -4.03.